The first-order chi connectivity index (χ1) is 14.4. The van der Waals surface area contributed by atoms with Crippen LogP contribution in [0, 0.1) is 11.8 Å². The Labute approximate surface area is 177 Å². The molecule has 162 valence electrons. The Hall–Kier alpha value is -2.64. The first-order valence-electron chi connectivity index (χ1n) is 10.9. The Morgan fingerprint density at radius 2 is 2.00 bits per heavy atom. The van der Waals surface area contributed by atoms with E-state index in [1.165, 1.54) is 4.90 Å². The number of hydrogen-bond donors (Lipinski definition) is 1. The van der Waals surface area contributed by atoms with Gasteiger partial charge in [0.05, 0.1) is 0 Å². The van der Waals surface area contributed by atoms with Crippen molar-refractivity contribution in [3.63, 3.8) is 0 Å². The number of hydrogen-bond acceptors (Lipinski definition) is 5. The van der Waals surface area contributed by atoms with Crippen LogP contribution in [0.2, 0.25) is 0 Å². The molecule has 0 aliphatic carbocycles. The van der Waals surface area contributed by atoms with E-state index in [9.17, 15) is 14.4 Å². The predicted octanol–water partition coefficient (Wildman–Crippen LogP) is 1.13. The van der Waals surface area contributed by atoms with E-state index in [2.05, 4.69) is 15.2 Å². The zero-order chi connectivity index (χ0) is 21.4. The molecule has 3 fully saturated rings. The molecule has 3 aliphatic rings. The molecule has 3 aliphatic heterocycles. The normalized spacial score (nSPS) is 28.0. The highest BCUT2D eigenvalue weighted by Crippen LogP contribution is 2.42. The lowest BCUT2D eigenvalue weighted by molar-refractivity contribution is -0.156. The number of carbonyl (C=O) groups excluding carboxylic acids is 3. The fraction of sp³-hybridized carbons (Fsp3) is 0.636. The highest BCUT2D eigenvalue weighted by atomic mass is 16.2. The summed E-state index contributed by atoms with van der Waals surface area (Å²) in [4.78, 5) is 48.4. The smallest absolute Gasteiger partial charge is 0.272 e. The van der Waals surface area contributed by atoms with Crippen LogP contribution in [-0.2, 0) is 9.59 Å². The Balaban J connectivity index is 1.64. The van der Waals surface area contributed by atoms with Gasteiger partial charge in [-0.25, -0.2) is 4.98 Å². The number of rotatable bonds is 4. The minimum atomic E-state index is -0.423. The maximum absolute atomic E-state index is 13.0. The van der Waals surface area contributed by atoms with Crippen LogP contribution in [0.15, 0.2) is 18.2 Å². The van der Waals surface area contributed by atoms with Gasteiger partial charge in [-0.15, -0.1) is 0 Å². The van der Waals surface area contributed by atoms with E-state index in [1.54, 1.807) is 20.2 Å². The van der Waals surface area contributed by atoms with Crippen LogP contribution >= 0.6 is 0 Å². The molecular weight excluding hydrogens is 382 g/mol. The number of piperidine rings is 3. The molecule has 1 N–H and O–H groups in total. The van der Waals surface area contributed by atoms with Crippen molar-refractivity contribution in [3.8, 4) is 0 Å². The second kappa shape index (κ2) is 8.24. The molecule has 0 aromatic carbocycles. The van der Waals surface area contributed by atoms with Crippen molar-refractivity contribution in [1.29, 1.82) is 0 Å². The highest BCUT2D eigenvalue weighted by molar-refractivity contribution is 5.92. The molecule has 1 aromatic rings. The number of anilines is 1. The average Bonchev–Trinajstić information content (AvgIpc) is 2.74. The van der Waals surface area contributed by atoms with Crippen LogP contribution in [0.25, 0.3) is 0 Å². The number of pyridine rings is 1. The Morgan fingerprint density at radius 1 is 1.23 bits per heavy atom. The third kappa shape index (κ3) is 3.63. The molecule has 3 saturated heterocycles. The Bertz CT molecular complexity index is 842. The summed E-state index contributed by atoms with van der Waals surface area (Å²) in [6.07, 6.45) is 3.31. The van der Waals surface area contributed by atoms with Gasteiger partial charge in [-0.3, -0.25) is 14.4 Å². The maximum atomic E-state index is 13.0. The number of carbonyl (C=O) groups is 3. The fourth-order valence-electron chi connectivity index (χ4n) is 5.41. The standard InChI is InChI=1S/C22H31N5O3/c1-4-23-21(29)20-15-11-14(17-8-6-10-19(28)27(17)20)12-26(13-15)18-9-5-7-16(24-18)22(30)25(2)3/h5,7,9,14-15,17,20H,4,6,8,10-13H2,1-3H3,(H,23,29)/t14-,15+,17+,20-/m1/s1. The van der Waals surface area contributed by atoms with Gasteiger partial charge < -0.3 is 20.0 Å². The molecule has 0 unspecified atom stereocenters. The van der Waals surface area contributed by atoms with Gasteiger partial charge in [0.15, 0.2) is 0 Å². The second-order valence-electron chi connectivity index (χ2n) is 8.84. The van der Waals surface area contributed by atoms with Crippen LogP contribution in [0.1, 0.15) is 43.1 Å². The van der Waals surface area contributed by atoms with Crippen molar-refractivity contribution in [2.45, 2.75) is 44.7 Å². The number of aromatic nitrogens is 1. The fourth-order valence-corrected chi connectivity index (χ4v) is 5.41. The van der Waals surface area contributed by atoms with Crippen molar-refractivity contribution in [3.05, 3.63) is 23.9 Å². The summed E-state index contributed by atoms with van der Waals surface area (Å²) in [6.45, 7) is 3.91. The zero-order valence-electron chi connectivity index (χ0n) is 18.0. The average molecular weight is 414 g/mol. The molecule has 3 amide bonds. The van der Waals surface area contributed by atoms with Gasteiger partial charge in [-0.1, -0.05) is 6.07 Å². The van der Waals surface area contributed by atoms with Crippen molar-refractivity contribution < 1.29 is 14.4 Å². The number of nitrogens with zero attached hydrogens (tertiary/aromatic N) is 4. The SMILES string of the molecule is CCNC(=O)[C@H]1[C@H]2C[C@H](CN(c3cccc(C(=O)N(C)C)n3)C2)[C@@H]2CCCC(=O)N21. The molecule has 4 rings (SSSR count). The molecule has 8 nitrogen and oxygen atoms in total. The van der Waals surface area contributed by atoms with Gasteiger partial charge >= 0.3 is 0 Å². The number of amides is 3. The van der Waals surface area contributed by atoms with E-state index < -0.39 is 6.04 Å². The van der Waals surface area contributed by atoms with Crippen LogP contribution in [0.4, 0.5) is 5.82 Å². The van der Waals surface area contributed by atoms with Gasteiger partial charge in [-0.05, 0) is 44.2 Å². The second-order valence-corrected chi connectivity index (χ2v) is 8.84. The lowest BCUT2D eigenvalue weighted by atomic mass is 9.71. The lowest BCUT2D eigenvalue weighted by Crippen LogP contribution is -2.68. The van der Waals surface area contributed by atoms with Crippen LogP contribution in [0.5, 0.6) is 0 Å². The molecule has 2 bridgehead atoms. The monoisotopic (exact) mass is 413 g/mol. The summed E-state index contributed by atoms with van der Waals surface area (Å²) in [5.41, 5.74) is 0.419. The number of nitrogens with one attached hydrogen (secondary N) is 1. The van der Waals surface area contributed by atoms with Crippen molar-refractivity contribution in [2.75, 3.05) is 38.6 Å². The largest absolute Gasteiger partial charge is 0.356 e. The molecule has 30 heavy (non-hydrogen) atoms. The summed E-state index contributed by atoms with van der Waals surface area (Å²) in [5, 5.41) is 2.95. The molecule has 0 spiro atoms. The third-order valence-corrected chi connectivity index (χ3v) is 6.64. The van der Waals surface area contributed by atoms with Crippen molar-refractivity contribution >= 4 is 23.5 Å². The minimum absolute atomic E-state index is 0.0486. The van der Waals surface area contributed by atoms with E-state index in [-0.39, 0.29) is 29.7 Å². The van der Waals surface area contributed by atoms with Gasteiger partial charge in [-0.2, -0.15) is 0 Å². The predicted molar refractivity (Wildman–Crippen MR) is 113 cm³/mol. The molecular formula is C22H31N5O3. The lowest BCUT2D eigenvalue weighted by Gasteiger charge is -2.56. The van der Waals surface area contributed by atoms with Crippen molar-refractivity contribution in [1.82, 2.24) is 20.1 Å². The van der Waals surface area contributed by atoms with E-state index in [0.717, 1.165) is 31.6 Å². The zero-order valence-corrected chi connectivity index (χ0v) is 18.0. The summed E-state index contributed by atoms with van der Waals surface area (Å²) < 4.78 is 0. The van der Waals surface area contributed by atoms with Gasteiger partial charge in [0.2, 0.25) is 11.8 Å². The molecule has 8 heteroatoms. The topological polar surface area (TPSA) is 85.9 Å². The summed E-state index contributed by atoms with van der Waals surface area (Å²) in [7, 11) is 3.43. The van der Waals surface area contributed by atoms with E-state index in [0.29, 0.717) is 31.1 Å². The Kier molecular flexibility index (Phi) is 5.66. The minimum Gasteiger partial charge on any atom is -0.356 e. The van der Waals surface area contributed by atoms with Gasteiger partial charge in [0.25, 0.3) is 5.91 Å². The summed E-state index contributed by atoms with van der Waals surface area (Å²) >= 11 is 0. The van der Waals surface area contributed by atoms with E-state index >= 15 is 0 Å². The van der Waals surface area contributed by atoms with Crippen molar-refractivity contribution in [2.24, 2.45) is 11.8 Å². The molecule has 0 radical (unpaired) electrons. The first kappa shape index (κ1) is 20.6. The third-order valence-electron chi connectivity index (χ3n) is 6.64. The van der Waals surface area contributed by atoms with Gasteiger partial charge in [0, 0.05) is 52.1 Å². The summed E-state index contributed by atoms with van der Waals surface area (Å²) in [6, 6.07) is 5.20. The quantitative estimate of drug-likeness (QED) is 0.800. The number of fused-ring (bicyclic) bond motifs is 4. The molecule has 4 heterocycles. The molecule has 4 atom stereocenters. The first-order valence-corrected chi connectivity index (χ1v) is 10.9. The van der Waals surface area contributed by atoms with Crippen LogP contribution in [-0.4, -0.2) is 78.3 Å². The highest BCUT2D eigenvalue weighted by Gasteiger charge is 2.52. The molecule has 1 aromatic heterocycles. The van der Waals surface area contributed by atoms with Crippen LogP contribution in [0.3, 0.4) is 0 Å². The number of likely N-dealkylation sites (N-methyl/N-ethyl adjacent to an activating group) is 1. The van der Waals surface area contributed by atoms with E-state index in [4.69, 9.17) is 0 Å². The van der Waals surface area contributed by atoms with Crippen LogP contribution < -0.4 is 10.2 Å². The summed E-state index contributed by atoms with van der Waals surface area (Å²) in [5.74, 6) is 1.08. The van der Waals surface area contributed by atoms with Gasteiger partial charge in [0.1, 0.15) is 17.6 Å². The van der Waals surface area contributed by atoms with E-state index in [1.807, 2.05) is 24.0 Å². The maximum Gasteiger partial charge on any atom is 0.272 e. The molecule has 0 saturated carbocycles. The Morgan fingerprint density at radius 3 is 2.73 bits per heavy atom.